The quantitative estimate of drug-likeness (QED) is 0.894. The summed E-state index contributed by atoms with van der Waals surface area (Å²) < 4.78 is 5.25. The summed E-state index contributed by atoms with van der Waals surface area (Å²) in [4.78, 5) is 24.8. The Labute approximate surface area is 124 Å². The minimum atomic E-state index is -0.232. The molecule has 0 unspecified atom stereocenters. The Morgan fingerprint density at radius 3 is 2.67 bits per heavy atom. The van der Waals surface area contributed by atoms with Gasteiger partial charge in [-0.15, -0.1) is 0 Å². The third-order valence-electron chi connectivity index (χ3n) is 3.52. The molecule has 6 heteroatoms. The lowest BCUT2D eigenvalue weighted by atomic mass is 10.1. The minimum Gasteiger partial charge on any atom is -0.381 e. The molecule has 0 aromatic heterocycles. The van der Waals surface area contributed by atoms with Crippen LogP contribution in [0, 0.1) is 0 Å². The van der Waals surface area contributed by atoms with Crippen LogP contribution in [-0.4, -0.2) is 38.2 Å². The van der Waals surface area contributed by atoms with E-state index in [-0.39, 0.29) is 18.0 Å². The summed E-state index contributed by atoms with van der Waals surface area (Å²) in [5, 5.41) is 5.72. The average molecular weight is 291 g/mol. The second kappa shape index (κ2) is 7.08. The predicted molar refractivity (Wildman–Crippen MR) is 81.5 cm³/mol. The third kappa shape index (κ3) is 4.46. The Balaban J connectivity index is 1.94. The van der Waals surface area contributed by atoms with Crippen molar-refractivity contribution in [1.82, 2.24) is 5.32 Å². The molecular formula is C15H21N3O3. The van der Waals surface area contributed by atoms with Crippen LogP contribution in [0.15, 0.2) is 24.3 Å². The number of ether oxygens (including phenoxy) is 1. The summed E-state index contributed by atoms with van der Waals surface area (Å²) in [6.07, 6.45) is 1.67. The van der Waals surface area contributed by atoms with Gasteiger partial charge in [-0.05, 0) is 31.0 Å². The first-order valence-electron chi connectivity index (χ1n) is 7.06. The molecule has 0 aliphatic carbocycles. The lowest BCUT2D eigenvalue weighted by molar-refractivity contribution is -0.116. The SMILES string of the molecule is CC(=O)N(C)c1cccc(NC(=O)NC2CCOCC2)c1. The topological polar surface area (TPSA) is 70.7 Å². The summed E-state index contributed by atoms with van der Waals surface area (Å²) in [6, 6.07) is 7.11. The Morgan fingerprint density at radius 2 is 2.00 bits per heavy atom. The maximum atomic E-state index is 12.0. The molecule has 2 N–H and O–H groups in total. The van der Waals surface area contributed by atoms with E-state index >= 15 is 0 Å². The van der Waals surface area contributed by atoms with Crippen molar-refractivity contribution in [3.05, 3.63) is 24.3 Å². The van der Waals surface area contributed by atoms with Crippen LogP contribution in [0.1, 0.15) is 19.8 Å². The van der Waals surface area contributed by atoms with Crippen molar-refractivity contribution in [1.29, 1.82) is 0 Å². The predicted octanol–water partition coefficient (Wildman–Crippen LogP) is 1.97. The molecule has 1 saturated heterocycles. The van der Waals surface area contributed by atoms with Crippen molar-refractivity contribution in [2.24, 2.45) is 0 Å². The van der Waals surface area contributed by atoms with E-state index in [1.807, 2.05) is 6.07 Å². The van der Waals surface area contributed by atoms with Crippen LogP contribution in [0.3, 0.4) is 0 Å². The van der Waals surface area contributed by atoms with E-state index in [0.29, 0.717) is 18.9 Å². The van der Waals surface area contributed by atoms with Crippen molar-refractivity contribution in [3.8, 4) is 0 Å². The molecule has 1 aliphatic rings. The van der Waals surface area contributed by atoms with Gasteiger partial charge in [0, 0.05) is 44.6 Å². The molecule has 114 valence electrons. The number of rotatable bonds is 3. The molecule has 0 radical (unpaired) electrons. The molecule has 1 aliphatic heterocycles. The van der Waals surface area contributed by atoms with Gasteiger partial charge in [0.2, 0.25) is 5.91 Å². The Kier molecular flexibility index (Phi) is 5.16. The van der Waals surface area contributed by atoms with Crippen LogP contribution in [-0.2, 0) is 9.53 Å². The number of amides is 3. The smallest absolute Gasteiger partial charge is 0.319 e. The van der Waals surface area contributed by atoms with E-state index in [0.717, 1.165) is 18.5 Å². The third-order valence-corrected chi connectivity index (χ3v) is 3.52. The average Bonchev–Trinajstić information content (AvgIpc) is 2.47. The van der Waals surface area contributed by atoms with Gasteiger partial charge < -0.3 is 20.3 Å². The zero-order valence-corrected chi connectivity index (χ0v) is 12.4. The monoisotopic (exact) mass is 291 g/mol. The van der Waals surface area contributed by atoms with Gasteiger partial charge in [-0.1, -0.05) is 6.07 Å². The molecule has 0 saturated carbocycles. The summed E-state index contributed by atoms with van der Waals surface area (Å²) in [5.41, 5.74) is 1.40. The second-order valence-corrected chi connectivity index (χ2v) is 5.11. The van der Waals surface area contributed by atoms with Crippen molar-refractivity contribution in [2.45, 2.75) is 25.8 Å². The van der Waals surface area contributed by atoms with Crippen LogP contribution < -0.4 is 15.5 Å². The molecule has 0 spiro atoms. The molecule has 1 aromatic rings. The second-order valence-electron chi connectivity index (χ2n) is 5.11. The van der Waals surface area contributed by atoms with Crippen molar-refractivity contribution in [3.63, 3.8) is 0 Å². The first kappa shape index (κ1) is 15.3. The zero-order chi connectivity index (χ0) is 15.2. The van der Waals surface area contributed by atoms with E-state index < -0.39 is 0 Å². The van der Waals surface area contributed by atoms with Gasteiger partial charge in [0.05, 0.1) is 0 Å². The summed E-state index contributed by atoms with van der Waals surface area (Å²) in [7, 11) is 1.70. The number of carbonyl (C=O) groups is 2. The number of nitrogens with one attached hydrogen (secondary N) is 2. The molecule has 1 fully saturated rings. The number of hydrogen-bond acceptors (Lipinski definition) is 3. The van der Waals surface area contributed by atoms with Crippen molar-refractivity contribution >= 4 is 23.3 Å². The molecule has 1 heterocycles. The summed E-state index contributed by atoms with van der Waals surface area (Å²) in [5.74, 6) is -0.0567. The Bertz CT molecular complexity index is 513. The van der Waals surface area contributed by atoms with Crippen LogP contribution >= 0.6 is 0 Å². The molecule has 3 amide bonds. The van der Waals surface area contributed by atoms with E-state index in [1.54, 1.807) is 25.2 Å². The number of hydrogen-bond donors (Lipinski definition) is 2. The van der Waals surface area contributed by atoms with Gasteiger partial charge in [0.15, 0.2) is 0 Å². The maximum Gasteiger partial charge on any atom is 0.319 e. The summed E-state index contributed by atoms with van der Waals surface area (Å²) in [6.45, 7) is 2.87. The van der Waals surface area contributed by atoms with Crippen LogP contribution in [0.4, 0.5) is 16.2 Å². The Morgan fingerprint density at radius 1 is 1.29 bits per heavy atom. The first-order chi connectivity index (χ1) is 10.1. The van der Waals surface area contributed by atoms with Gasteiger partial charge in [-0.25, -0.2) is 4.79 Å². The fraction of sp³-hybridized carbons (Fsp3) is 0.467. The van der Waals surface area contributed by atoms with E-state index in [2.05, 4.69) is 10.6 Å². The van der Waals surface area contributed by atoms with Crippen molar-refractivity contribution in [2.75, 3.05) is 30.5 Å². The fourth-order valence-corrected chi connectivity index (χ4v) is 2.17. The van der Waals surface area contributed by atoms with E-state index in [9.17, 15) is 9.59 Å². The highest BCUT2D eigenvalue weighted by atomic mass is 16.5. The van der Waals surface area contributed by atoms with E-state index in [1.165, 1.54) is 11.8 Å². The minimum absolute atomic E-state index is 0.0567. The summed E-state index contributed by atoms with van der Waals surface area (Å²) >= 11 is 0. The maximum absolute atomic E-state index is 12.0. The van der Waals surface area contributed by atoms with E-state index in [4.69, 9.17) is 4.74 Å². The molecule has 6 nitrogen and oxygen atoms in total. The van der Waals surface area contributed by atoms with Crippen LogP contribution in [0.5, 0.6) is 0 Å². The molecule has 0 atom stereocenters. The lowest BCUT2D eigenvalue weighted by Gasteiger charge is -2.23. The zero-order valence-electron chi connectivity index (χ0n) is 12.4. The molecular weight excluding hydrogens is 270 g/mol. The lowest BCUT2D eigenvalue weighted by Crippen LogP contribution is -2.41. The molecule has 0 bridgehead atoms. The number of benzene rings is 1. The Hall–Kier alpha value is -2.08. The highest BCUT2D eigenvalue weighted by molar-refractivity contribution is 5.93. The highest BCUT2D eigenvalue weighted by Crippen LogP contribution is 2.18. The fourth-order valence-electron chi connectivity index (χ4n) is 2.17. The van der Waals surface area contributed by atoms with Gasteiger partial charge >= 0.3 is 6.03 Å². The number of anilines is 2. The van der Waals surface area contributed by atoms with Gasteiger partial charge in [-0.3, -0.25) is 4.79 Å². The molecule has 2 rings (SSSR count). The van der Waals surface area contributed by atoms with Crippen LogP contribution in [0.2, 0.25) is 0 Å². The molecule has 21 heavy (non-hydrogen) atoms. The first-order valence-corrected chi connectivity index (χ1v) is 7.06. The van der Waals surface area contributed by atoms with Gasteiger partial charge in [-0.2, -0.15) is 0 Å². The number of nitrogens with zero attached hydrogens (tertiary/aromatic N) is 1. The largest absolute Gasteiger partial charge is 0.381 e. The van der Waals surface area contributed by atoms with Crippen LogP contribution in [0.25, 0.3) is 0 Å². The van der Waals surface area contributed by atoms with Crippen molar-refractivity contribution < 1.29 is 14.3 Å². The van der Waals surface area contributed by atoms with Gasteiger partial charge in [0.25, 0.3) is 0 Å². The standard InChI is InChI=1S/C15H21N3O3/c1-11(19)18(2)14-5-3-4-13(10-14)17-15(20)16-12-6-8-21-9-7-12/h3-5,10,12H,6-9H2,1-2H3,(H2,16,17,20). The van der Waals surface area contributed by atoms with Gasteiger partial charge in [0.1, 0.15) is 0 Å². The normalized spacial score (nSPS) is 15.3. The number of carbonyl (C=O) groups excluding carboxylic acids is 2. The number of urea groups is 1. The molecule has 1 aromatic carbocycles. The highest BCUT2D eigenvalue weighted by Gasteiger charge is 2.16.